The van der Waals surface area contributed by atoms with E-state index in [0.717, 1.165) is 45.0 Å². The van der Waals surface area contributed by atoms with Gasteiger partial charge in [-0.25, -0.2) is 9.67 Å². The molecule has 1 aliphatic heterocycles. The first-order valence-electron chi connectivity index (χ1n) is 6.07. The third kappa shape index (κ3) is 3.49. The van der Waals surface area contributed by atoms with E-state index in [-0.39, 0.29) is 0 Å². The summed E-state index contributed by atoms with van der Waals surface area (Å²) < 4.78 is 12.4. The van der Waals surface area contributed by atoms with Crippen molar-refractivity contribution in [3.8, 4) is 0 Å². The highest BCUT2D eigenvalue weighted by molar-refractivity contribution is 4.88. The van der Waals surface area contributed by atoms with Gasteiger partial charge in [-0.2, -0.15) is 5.10 Å². The second kappa shape index (κ2) is 6.68. The van der Waals surface area contributed by atoms with Crippen LogP contribution in [0.2, 0.25) is 0 Å². The third-order valence-corrected chi connectivity index (χ3v) is 2.90. The Morgan fingerprint density at radius 3 is 3.35 bits per heavy atom. The van der Waals surface area contributed by atoms with Crippen molar-refractivity contribution in [1.29, 1.82) is 0 Å². The summed E-state index contributed by atoms with van der Waals surface area (Å²) in [4.78, 5) is 4.28. The van der Waals surface area contributed by atoms with Crippen LogP contribution in [0.1, 0.15) is 24.7 Å². The molecule has 6 heteroatoms. The maximum atomic E-state index is 5.47. The first-order valence-corrected chi connectivity index (χ1v) is 6.07. The predicted molar refractivity (Wildman–Crippen MR) is 62.7 cm³/mol. The average Bonchev–Trinajstić information content (AvgIpc) is 2.84. The molecule has 1 atom stereocenters. The van der Waals surface area contributed by atoms with E-state index in [1.807, 2.05) is 4.68 Å². The standard InChI is InChI=1S/C11H20N4O2/c1-16-6-4-12-7-11-13-9-14-15(11)10-3-2-5-17-8-10/h9-10,12H,2-8H2,1H3. The van der Waals surface area contributed by atoms with Crippen molar-refractivity contribution in [2.24, 2.45) is 0 Å². The smallest absolute Gasteiger partial charge is 0.141 e. The molecule has 1 saturated heterocycles. The van der Waals surface area contributed by atoms with Gasteiger partial charge in [0.1, 0.15) is 12.2 Å². The first kappa shape index (κ1) is 12.5. The van der Waals surface area contributed by atoms with Crippen LogP contribution in [0.3, 0.4) is 0 Å². The van der Waals surface area contributed by atoms with Gasteiger partial charge in [0.25, 0.3) is 0 Å². The highest BCUT2D eigenvalue weighted by atomic mass is 16.5. The highest BCUT2D eigenvalue weighted by Crippen LogP contribution is 2.19. The largest absolute Gasteiger partial charge is 0.383 e. The molecule has 6 nitrogen and oxygen atoms in total. The van der Waals surface area contributed by atoms with Gasteiger partial charge >= 0.3 is 0 Å². The Balaban J connectivity index is 1.87. The number of aromatic nitrogens is 3. The minimum absolute atomic E-state index is 0.338. The number of rotatable bonds is 6. The Morgan fingerprint density at radius 1 is 1.65 bits per heavy atom. The SMILES string of the molecule is COCCNCc1ncnn1C1CCCOC1. The zero-order valence-electron chi connectivity index (χ0n) is 10.3. The van der Waals surface area contributed by atoms with Gasteiger partial charge in [-0.05, 0) is 12.8 Å². The molecule has 0 amide bonds. The summed E-state index contributed by atoms with van der Waals surface area (Å²) in [5, 5.41) is 7.57. The molecule has 0 saturated carbocycles. The molecule has 1 aromatic rings. The van der Waals surface area contributed by atoms with Crippen molar-refractivity contribution in [2.75, 3.05) is 33.5 Å². The molecular formula is C11H20N4O2. The number of hydrogen-bond donors (Lipinski definition) is 1. The minimum Gasteiger partial charge on any atom is -0.383 e. The minimum atomic E-state index is 0.338. The fraction of sp³-hybridized carbons (Fsp3) is 0.818. The summed E-state index contributed by atoms with van der Waals surface area (Å²) in [7, 11) is 1.70. The highest BCUT2D eigenvalue weighted by Gasteiger charge is 2.19. The topological polar surface area (TPSA) is 61.2 Å². The van der Waals surface area contributed by atoms with Gasteiger partial charge in [0.2, 0.25) is 0 Å². The molecule has 1 N–H and O–H groups in total. The summed E-state index contributed by atoms with van der Waals surface area (Å²) >= 11 is 0. The number of methoxy groups -OCH3 is 1. The molecule has 0 spiro atoms. The van der Waals surface area contributed by atoms with E-state index in [9.17, 15) is 0 Å². The van der Waals surface area contributed by atoms with Gasteiger partial charge in [-0.3, -0.25) is 0 Å². The van der Waals surface area contributed by atoms with E-state index >= 15 is 0 Å². The van der Waals surface area contributed by atoms with E-state index in [0.29, 0.717) is 12.6 Å². The van der Waals surface area contributed by atoms with Crippen molar-refractivity contribution >= 4 is 0 Å². The zero-order valence-corrected chi connectivity index (χ0v) is 10.3. The van der Waals surface area contributed by atoms with Crippen LogP contribution in [0.15, 0.2) is 6.33 Å². The van der Waals surface area contributed by atoms with Crippen LogP contribution in [0.4, 0.5) is 0 Å². The van der Waals surface area contributed by atoms with Gasteiger partial charge < -0.3 is 14.8 Å². The lowest BCUT2D eigenvalue weighted by Crippen LogP contribution is -2.27. The third-order valence-electron chi connectivity index (χ3n) is 2.90. The van der Waals surface area contributed by atoms with Crippen molar-refractivity contribution < 1.29 is 9.47 Å². The van der Waals surface area contributed by atoms with Crippen LogP contribution >= 0.6 is 0 Å². The van der Waals surface area contributed by atoms with E-state index in [4.69, 9.17) is 9.47 Å². The van der Waals surface area contributed by atoms with Crippen molar-refractivity contribution in [2.45, 2.75) is 25.4 Å². The van der Waals surface area contributed by atoms with E-state index in [1.165, 1.54) is 0 Å². The predicted octanol–water partition coefficient (Wildman–Crippen LogP) is 0.366. The van der Waals surface area contributed by atoms with Crippen molar-refractivity contribution in [1.82, 2.24) is 20.1 Å². The second-order valence-corrected chi connectivity index (χ2v) is 4.16. The van der Waals surface area contributed by atoms with Crippen molar-refractivity contribution in [3.05, 3.63) is 12.2 Å². The Morgan fingerprint density at radius 2 is 2.59 bits per heavy atom. The van der Waals surface area contributed by atoms with Crippen LogP contribution in [0, 0.1) is 0 Å². The lowest BCUT2D eigenvalue weighted by atomic mass is 10.1. The summed E-state index contributed by atoms with van der Waals surface area (Å²) in [6, 6.07) is 0.338. The molecule has 0 aliphatic carbocycles. The van der Waals surface area contributed by atoms with Gasteiger partial charge in [0.15, 0.2) is 0 Å². The molecule has 0 radical (unpaired) electrons. The normalized spacial score (nSPS) is 20.6. The van der Waals surface area contributed by atoms with Crippen LogP contribution in [-0.4, -0.2) is 48.2 Å². The van der Waals surface area contributed by atoms with Crippen LogP contribution in [0.25, 0.3) is 0 Å². The molecule has 1 aliphatic rings. The summed E-state index contributed by atoms with van der Waals surface area (Å²) in [5.74, 6) is 0.969. The van der Waals surface area contributed by atoms with Crippen LogP contribution < -0.4 is 5.32 Å². The summed E-state index contributed by atoms with van der Waals surface area (Å²) in [6.07, 6.45) is 3.83. The molecule has 1 fully saturated rings. The Hall–Kier alpha value is -0.980. The monoisotopic (exact) mass is 240 g/mol. The van der Waals surface area contributed by atoms with Crippen LogP contribution in [0.5, 0.6) is 0 Å². The first-order chi connectivity index (χ1) is 8.42. The molecule has 2 rings (SSSR count). The van der Waals surface area contributed by atoms with Crippen LogP contribution in [-0.2, 0) is 16.0 Å². The zero-order chi connectivity index (χ0) is 11.9. The van der Waals surface area contributed by atoms with Gasteiger partial charge in [-0.15, -0.1) is 0 Å². The van der Waals surface area contributed by atoms with E-state index < -0.39 is 0 Å². The molecule has 17 heavy (non-hydrogen) atoms. The number of hydrogen-bond acceptors (Lipinski definition) is 5. The number of nitrogens with one attached hydrogen (secondary N) is 1. The second-order valence-electron chi connectivity index (χ2n) is 4.16. The average molecular weight is 240 g/mol. The number of ether oxygens (including phenoxy) is 2. The van der Waals surface area contributed by atoms with E-state index in [2.05, 4.69) is 15.4 Å². The maximum Gasteiger partial charge on any atom is 0.141 e. The summed E-state index contributed by atoms with van der Waals surface area (Å²) in [6.45, 7) is 3.87. The van der Waals surface area contributed by atoms with E-state index in [1.54, 1.807) is 13.4 Å². The fourth-order valence-electron chi connectivity index (χ4n) is 2.00. The molecule has 96 valence electrons. The molecular weight excluding hydrogens is 220 g/mol. The molecule has 2 heterocycles. The lowest BCUT2D eigenvalue weighted by Gasteiger charge is -2.23. The Labute approximate surface area is 101 Å². The van der Waals surface area contributed by atoms with Crippen molar-refractivity contribution in [3.63, 3.8) is 0 Å². The number of nitrogens with zero attached hydrogens (tertiary/aromatic N) is 3. The molecule has 1 aromatic heterocycles. The molecule has 1 unspecified atom stereocenters. The van der Waals surface area contributed by atoms with Gasteiger partial charge in [0, 0.05) is 20.3 Å². The maximum absolute atomic E-state index is 5.47. The molecule has 0 bridgehead atoms. The summed E-state index contributed by atoms with van der Waals surface area (Å²) in [5.41, 5.74) is 0. The van der Waals surface area contributed by atoms with Gasteiger partial charge in [-0.1, -0.05) is 0 Å². The Kier molecular flexibility index (Phi) is 4.90. The van der Waals surface area contributed by atoms with Gasteiger partial charge in [0.05, 0.1) is 25.8 Å². The Bertz CT molecular complexity index is 323. The lowest BCUT2D eigenvalue weighted by molar-refractivity contribution is 0.0535. The fourth-order valence-corrected chi connectivity index (χ4v) is 2.00. The quantitative estimate of drug-likeness (QED) is 0.728. The molecule has 0 aromatic carbocycles.